The highest BCUT2D eigenvalue weighted by molar-refractivity contribution is 5.01. The van der Waals surface area contributed by atoms with Crippen LogP contribution in [0.1, 0.15) is 25.7 Å². The van der Waals surface area contributed by atoms with Crippen LogP contribution in [-0.4, -0.2) is 42.8 Å². The lowest BCUT2D eigenvalue weighted by atomic mass is 9.63. The summed E-state index contributed by atoms with van der Waals surface area (Å²) in [5.41, 5.74) is 6.00. The summed E-state index contributed by atoms with van der Waals surface area (Å²) in [5, 5.41) is 9.36. The van der Waals surface area contributed by atoms with Crippen LogP contribution < -0.4 is 5.73 Å². The number of hydrogen-bond donors (Lipinski definition) is 2. The first-order chi connectivity index (χ1) is 6.80. The van der Waals surface area contributed by atoms with E-state index >= 15 is 0 Å². The lowest BCUT2D eigenvalue weighted by molar-refractivity contribution is 0.0542. The first-order valence-electron chi connectivity index (χ1n) is 5.84. The van der Waals surface area contributed by atoms with E-state index in [1.54, 1.807) is 0 Å². The van der Waals surface area contributed by atoms with Gasteiger partial charge in [0.05, 0.1) is 0 Å². The predicted molar refractivity (Wildman–Crippen MR) is 57.0 cm³/mol. The molecule has 3 nitrogen and oxygen atoms in total. The van der Waals surface area contributed by atoms with Crippen LogP contribution in [0, 0.1) is 11.3 Å². The maximum atomic E-state index is 9.36. The zero-order chi connectivity index (χ0) is 10.0. The van der Waals surface area contributed by atoms with Crippen LogP contribution in [-0.2, 0) is 0 Å². The van der Waals surface area contributed by atoms with Crippen LogP contribution in [0.2, 0.25) is 0 Å². The Morgan fingerprint density at radius 2 is 2.21 bits per heavy atom. The van der Waals surface area contributed by atoms with Crippen molar-refractivity contribution in [2.75, 3.05) is 32.8 Å². The van der Waals surface area contributed by atoms with E-state index in [0.717, 1.165) is 26.1 Å². The summed E-state index contributed by atoms with van der Waals surface area (Å²) >= 11 is 0. The van der Waals surface area contributed by atoms with Gasteiger partial charge in [0.15, 0.2) is 0 Å². The molecule has 3 N–H and O–H groups in total. The average Bonchev–Trinajstić information content (AvgIpc) is 2.53. The Kier molecular flexibility index (Phi) is 3.10. The minimum absolute atomic E-state index is 0.374. The summed E-state index contributed by atoms with van der Waals surface area (Å²) in [6.45, 7) is 4.58. The third-order valence-corrected chi connectivity index (χ3v) is 4.13. The highest BCUT2D eigenvalue weighted by Gasteiger charge is 2.49. The van der Waals surface area contributed by atoms with E-state index in [1.165, 1.54) is 25.8 Å². The molecule has 1 aliphatic carbocycles. The van der Waals surface area contributed by atoms with E-state index in [0.29, 0.717) is 17.9 Å². The van der Waals surface area contributed by atoms with Gasteiger partial charge in [-0.15, -0.1) is 0 Å². The van der Waals surface area contributed by atoms with Gasteiger partial charge >= 0.3 is 0 Å². The highest BCUT2D eigenvalue weighted by atomic mass is 16.3. The van der Waals surface area contributed by atoms with Gasteiger partial charge in [-0.05, 0) is 37.8 Å². The van der Waals surface area contributed by atoms with Crippen LogP contribution in [0.3, 0.4) is 0 Å². The second-order valence-electron chi connectivity index (χ2n) is 4.97. The summed E-state index contributed by atoms with van der Waals surface area (Å²) in [6, 6.07) is 0. The molecule has 1 saturated heterocycles. The molecule has 0 aromatic carbocycles. The number of nitrogens with two attached hydrogens (primary N) is 1. The van der Waals surface area contributed by atoms with Crippen molar-refractivity contribution in [1.29, 1.82) is 0 Å². The maximum absolute atomic E-state index is 9.36. The molecule has 1 heterocycles. The van der Waals surface area contributed by atoms with Gasteiger partial charge in [-0.2, -0.15) is 0 Å². The molecule has 1 aliphatic heterocycles. The van der Waals surface area contributed by atoms with Gasteiger partial charge in [-0.25, -0.2) is 0 Å². The van der Waals surface area contributed by atoms with Gasteiger partial charge in [0.1, 0.15) is 0 Å². The first-order valence-corrected chi connectivity index (χ1v) is 5.84. The molecule has 2 aliphatic rings. The molecular weight excluding hydrogens is 176 g/mol. The fourth-order valence-electron chi connectivity index (χ4n) is 3.08. The number of rotatable bonds is 4. The van der Waals surface area contributed by atoms with Crippen LogP contribution >= 0.6 is 0 Å². The third-order valence-electron chi connectivity index (χ3n) is 4.13. The van der Waals surface area contributed by atoms with Crippen LogP contribution in [0.5, 0.6) is 0 Å². The van der Waals surface area contributed by atoms with E-state index in [2.05, 4.69) is 4.90 Å². The number of aliphatic hydroxyl groups excluding tert-OH is 1. The van der Waals surface area contributed by atoms with Crippen LogP contribution in [0.25, 0.3) is 0 Å². The van der Waals surface area contributed by atoms with Crippen LogP contribution in [0.4, 0.5) is 0 Å². The fraction of sp³-hybridized carbons (Fsp3) is 1.00. The van der Waals surface area contributed by atoms with Crippen molar-refractivity contribution in [1.82, 2.24) is 4.90 Å². The Balaban J connectivity index is 1.88. The largest absolute Gasteiger partial charge is 0.396 e. The molecule has 2 rings (SSSR count). The maximum Gasteiger partial charge on any atom is 0.0477 e. The summed E-state index contributed by atoms with van der Waals surface area (Å²) < 4.78 is 0. The van der Waals surface area contributed by atoms with Gasteiger partial charge in [0.2, 0.25) is 0 Å². The van der Waals surface area contributed by atoms with Gasteiger partial charge in [0, 0.05) is 25.6 Å². The molecule has 0 aromatic heterocycles. The molecular formula is C11H22N2O. The Hall–Kier alpha value is -0.120. The van der Waals surface area contributed by atoms with E-state index < -0.39 is 0 Å². The van der Waals surface area contributed by atoms with E-state index in [4.69, 9.17) is 5.73 Å². The Morgan fingerprint density at radius 1 is 1.43 bits per heavy atom. The molecule has 0 radical (unpaired) electrons. The van der Waals surface area contributed by atoms with Crippen molar-refractivity contribution >= 4 is 0 Å². The summed E-state index contributed by atoms with van der Waals surface area (Å²) in [6.07, 6.45) is 5.12. The first kappa shape index (κ1) is 10.4. The van der Waals surface area contributed by atoms with Crippen LogP contribution in [0.15, 0.2) is 0 Å². The normalized spacial score (nSPS) is 30.9. The van der Waals surface area contributed by atoms with Crippen molar-refractivity contribution in [3.05, 3.63) is 0 Å². The molecule has 0 aromatic rings. The van der Waals surface area contributed by atoms with Gasteiger partial charge in [0.25, 0.3) is 0 Å². The molecule has 3 heteroatoms. The molecule has 1 spiro atoms. The zero-order valence-electron chi connectivity index (χ0n) is 8.91. The van der Waals surface area contributed by atoms with Crippen molar-refractivity contribution in [2.45, 2.75) is 25.7 Å². The second-order valence-corrected chi connectivity index (χ2v) is 4.97. The summed E-state index contributed by atoms with van der Waals surface area (Å²) in [7, 11) is 0. The molecule has 0 bridgehead atoms. The summed E-state index contributed by atoms with van der Waals surface area (Å²) in [5.74, 6) is 0.536. The monoisotopic (exact) mass is 198 g/mol. The lowest BCUT2D eigenvalue weighted by Gasteiger charge is -2.42. The quantitative estimate of drug-likeness (QED) is 0.689. The zero-order valence-corrected chi connectivity index (χ0v) is 8.91. The molecule has 1 saturated carbocycles. The van der Waals surface area contributed by atoms with Crippen molar-refractivity contribution < 1.29 is 5.11 Å². The third kappa shape index (κ3) is 1.69. The van der Waals surface area contributed by atoms with Crippen molar-refractivity contribution in [3.63, 3.8) is 0 Å². The molecule has 0 amide bonds. The smallest absolute Gasteiger partial charge is 0.0477 e. The number of aliphatic hydroxyl groups is 1. The predicted octanol–water partition coefficient (Wildman–Crippen LogP) is 0.430. The number of hydrogen-bond acceptors (Lipinski definition) is 3. The average molecular weight is 198 g/mol. The summed E-state index contributed by atoms with van der Waals surface area (Å²) in [4.78, 5) is 2.49. The van der Waals surface area contributed by atoms with Crippen molar-refractivity contribution in [3.8, 4) is 0 Å². The standard InChI is InChI=1S/C11H22N2O/c12-5-2-6-13-7-10(8-14)11(9-13)3-1-4-11/h10,14H,1-9,12H2/t10-/m1/s1. The topological polar surface area (TPSA) is 49.5 Å². The molecule has 1 atom stereocenters. The van der Waals surface area contributed by atoms with Gasteiger partial charge < -0.3 is 15.7 Å². The second kappa shape index (κ2) is 4.17. The minimum Gasteiger partial charge on any atom is -0.396 e. The van der Waals surface area contributed by atoms with E-state index in [9.17, 15) is 5.11 Å². The van der Waals surface area contributed by atoms with Gasteiger partial charge in [-0.3, -0.25) is 0 Å². The van der Waals surface area contributed by atoms with Crippen molar-refractivity contribution in [2.24, 2.45) is 17.1 Å². The molecule has 82 valence electrons. The Bertz CT molecular complexity index is 192. The Labute approximate surface area is 86.3 Å². The molecule has 0 unspecified atom stereocenters. The number of likely N-dealkylation sites (tertiary alicyclic amines) is 1. The lowest BCUT2D eigenvalue weighted by Crippen LogP contribution is -2.39. The van der Waals surface area contributed by atoms with Gasteiger partial charge in [-0.1, -0.05) is 6.42 Å². The minimum atomic E-state index is 0.374. The van der Waals surface area contributed by atoms with E-state index in [1.807, 2.05) is 0 Å². The SMILES string of the molecule is NCCCN1C[C@H](CO)C2(CCC2)C1. The number of nitrogens with zero attached hydrogens (tertiary/aromatic N) is 1. The Morgan fingerprint density at radius 3 is 2.64 bits per heavy atom. The molecule has 14 heavy (non-hydrogen) atoms. The van der Waals surface area contributed by atoms with E-state index in [-0.39, 0.29) is 0 Å². The molecule has 2 fully saturated rings. The highest BCUT2D eigenvalue weighted by Crippen LogP contribution is 2.51. The fourth-order valence-corrected chi connectivity index (χ4v) is 3.08.